The summed E-state index contributed by atoms with van der Waals surface area (Å²) in [6.45, 7) is 6.46. The second kappa shape index (κ2) is 4.97. The van der Waals surface area contributed by atoms with Gasteiger partial charge in [-0.2, -0.15) is 0 Å². The molecule has 15 heavy (non-hydrogen) atoms. The molecule has 0 aromatic carbocycles. The molecule has 2 unspecified atom stereocenters. The van der Waals surface area contributed by atoms with Gasteiger partial charge in [-0.15, -0.1) is 0 Å². The Morgan fingerprint density at radius 2 is 2.33 bits per heavy atom. The average Bonchev–Trinajstić information content (AvgIpc) is 2.25. The van der Waals surface area contributed by atoms with Gasteiger partial charge in [0.15, 0.2) is 0 Å². The summed E-state index contributed by atoms with van der Waals surface area (Å²) in [5, 5.41) is 3.41. The Morgan fingerprint density at radius 1 is 1.47 bits per heavy atom. The Labute approximate surface area is 92.2 Å². The van der Waals surface area contributed by atoms with Crippen LogP contribution in [0.4, 0.5) is 0 Å². The number of amides is 1. The molecule has 0 aromatic heterocycles. The zero-order valence-electron chi connectivity index (χ0n) is 9.67. The van der Waals surface area contributed by atoms with Crippen LogP contribution in [-0.2, 0) is 4.79 Å². The first-order chi connectivity index (χ1) is 7.25. The van der Waals surface area contributed by atoms with Crippen molar-refractivity contribution in [2.45, 2.75) is 32.6 Å². The lowest BCUT2D eigenvalue weighted by molar-refractivity contribution is -0.135. The summed E-state index contributed by atoms with van der Waals surface area (Å²) < 4.78 is 0. The van der Waals surface area contributed by atoms with Crippen molar-refractivity contribution in [1.29, 1.82) is 0 Å². The van der Waals surface area contributed by atoms with E-state index < -0.39 is 0 Å². The van der Waals surface area contributed by atoms with E-state index in [1.165, 1.54) is 12.8 Å². The van der Waals surface area contributed by atoms with E-state index in [1.807, 2.05) is 0 Å². The molecule has 3 nitrogen and oxygen atoms in total. The smallest absolute Gasteiger partial charge is 0.222 e. The van der Waals surface area contributed by atoms with Gasteiger partial charge in [0.05, 0.1) is 0 Å². The van der Waals surface area contributed by atoms with E-state index in [9.17, 15) is 4.79 Å². The SMILES string of the molecule is CC1CCC(=O)N(CC2CCCNC2)C1. The van der Waals surface area contributed by atoms with Gasteiger partial charge in [-0.3, -0.25) is 4.79 Å². The highest BCUT2D eigenvalue weighted by molar-refractivity contribution is 5.76. The second-order valence-corrected chi connectivity index (χ2v) is 5.15. The third-order valence-electron chi connectivity index (χ3n) is 3.61. The van der Waals surface area contributed by atoms with E-state index in [2.05, 4.69) is 17.1 Å². The maximum atomic E-state index is 11.7. The maximum absolute atomic E-state index is 11.7. The van der Waals surface area contributed by atoms with Crippen molar-refractivity contribution in [3.05, 3.63) is 0 Å². The van der Waals surface area contributed by atoms with Crippen molar-refractivity contribution >= 4 is 5.91 Å². The normalized spacial score (nSPS) is 33.1. The molecule has 2 heterocycles. The molecule has 2 saturated heterocycles. The summed E-state index contributed by atoms with van der Waals surface area (Å²) >= 11 is 0. The Balaban J connectivity index is 1.83. The van der Waals surface area contributed by atoms with Crippen LogP contribution in [0.3, 0.4) is 0 Å². The first-order valence-corrected chi connectivity index (χ1v) is 6.24. The first-order valence-electron chi connectivity index (χ1n) is 6.24. The largest absolute Gasteiger partial charge is 0.342 e. The van der Waals surface area contributed by atoms with E-state index in [-0.39, 0.29) is 0 Å². The summed E-state index contributed by atoms with van der Waals surface area (Å²) in [5.41, 5.74) is 0. The topological polar surface area (TPSA) is 32.3 Å². The van der Waals surface area contributed by atoms with Crippen molar-refractivity contribution in [3.63, 3.8) is 0 Å². The van der Waals surface area contributed by atoms with Crippen LogP contribution in [0, 0.1) is 11.8 Å². The lowest BCUT2D eigenvalue weighted by Gasteiger charge is -2.35. The quantitative estimate of drug-likeness (QED) is 0.744. The van der Waals surface area contributed by atoms with Gasteiger partial charge >= 0.3 is 0 Å². The Hall–Kier alpha value is -0.570. The standard InChI is InChI=1S/C12H22N2O/c1-10-4-5-12(15)14(8-10)9-11-3-2-6-13-7-11/h10-11,13H,2-9H2,1H3. The number of hydrogen-bond donors (Lipinski definition) is 1. The average molecular weight is 210 g/mol. The van der Waals surface area contributed by atoms with Crippen LogP contribution in [0.5, 0.6) is 0 Å². The van der Waals surface area contributed by atoms with Crippen molar-refractivity contribution in [2.24, 2.45) is 11.8 Å². The summed E-state index contributed by atoms with van der Waals surface area (Å²) in [6, 6.07) is 0. The molecular formula is C12H22N2O. The molecule has 2 rings (SSSR count). The fourth-order valence-corrected chi connectivity index (χ4v) is 2.67. The highest BCUT2D eigenvalue weighted by Gasteiger charge is 2.25. The van der Waals surface area contributed by atoms with Gasteiger partial charge in [0.25, 0.3) is 0 Å². The summed E-state index contributed by atoms with van der Waals surface area (Å²) in [6.07, 6.45) is 4.40. The molecule has 1 N–H and O–H groups in total. The third-order valence-corrected chi connectivity index (χ3v) is 3.61. The predicted octanol–water partition coefficient (Wildman–Crippen LogP) is 1.24. The van der Waals surface area contributed by atoms with E-state index in [0.717, 1.165) is 39.0 Å². The zero-order valence-corrected chi connectivity index (χ0v) is 9.67. The van der Waals surface area contributed by atoms with Crippen molar-refractivity contribution in [3.8, 4) is 0 Å². The van der Waals surface area contributed by atoms with Gasteiger partial charge in [0.1, 0.15) is 0 Å². The van der Waals surface area contributed by atoms with Crippen molar-refractivity contribution in [2.75, 3.05) is 26.2 Å². The van der Waals surface area contributed by atoms with Crippen LogP contribution in [0.1, 0.15) is 32.6 Å². The number of likely N-dealkylation sites (tertiary alicyclic amines) is 1. The van der Waals surface area contributed by atoms with Gasteiger partial charge in [0.2, 0.25) is 5.91 Å². The first kappa shape index (κ1) is 10.9. The number of carbonyl (C=O) groups is 1. The third kappa shape index (κ3) is 2.94. The molecule has 2 fully saturated rings. The molecule has 0 radical (unpaired) electrons. The molecule has 2 atom stereocenters. The van der Waals surface area contributed by atoms with Crippen LogP contribution in [-0.4, -0.2) is 37.0 Å². The molecule has 0 spiro atoms. The molecule has 86 valence electrons. The minimum Gasteiger partial charge on any atom is -0.342 e. The molecular weight excluding hydrogens is 188 g/mol. The summed E-state index contributed by atoms with van der Waals surface area (Å²) in [5.74, 6) is 1.76. The molecule has 0 aromatic rings. The minimum absolute atomic E-state index is 0.374. The van der Waals surface area contributed by atoms with Gasteiger partial charge in [-0.05, 0) is 44.2 Å². The van der Waals surface area contributed by atoms with Crippen LogP contribution >= 0.6 is 0 Å². The van der Waals surface area contributed by atoms with E-state index in [0.29, 0.717) is 17.7 Å². The Morgan fingerprint density at radius 3 is 3.07 bits per heavy atom. The lowest BCUT2D eigenvalue weighted by atomic mass is 9.95. The van der Waals surface area contributed by atoms with Crippen molar-refractivity contribution in [1.82, 2.24) is 10.2 Å². The van der Waals surface area contributed by atoms with Gasteiger partial charge in [-0.25, -0.2) is 0 Å². The number of nitrogens with zero attached hydrogens (tertiary/aromatic N) is 1. The molecule has 0 bridgehead atoms. The fourth-order valence-electron chi connectivity index (χ4n) is 2.67. The fraction of sp³-hybridized carbons (Fsp3) is 0.917. The second-order valence-electron chi connectivity index (χ2n) is 5.15. The molecule has 2 aliphatic heterocycles. The maximum Gasteiger partial charge on any atom is 0.222 e. The van der Waals surface area contributed by atoms with Crippen LogP contribution in [0.25, 0.3) is 0 Å². The Bertz CT molecular complexity index is 224. The highest BCUT2D eigenvalue weighted by Crippen LogP contribution is 2.20. The van der Waals surface area contributed by atoms with Gasteiger partial charge in [-0.1, -0.05) is 6.92 Å². The predicted molar refractivity (Wildman–Crippen MR) is 60.6 cm³/mol. The Kier molecular flexibility index (Phi) is 3.62. The van der Waals surface area contributed by atoms with Crippen LogP contribution in [0.2, 0.25) is 0 Å². The number of rotatable bonds is 2. The molecule has 0 saturated carbocycles. The number of hydrogen-bond acceptors (Lipinski definition) is 2. The van der Waals surface area contributed by atoms with Gasteiger partial charge in [0, 0.05) is 19.5 Å². The van der Waals surface area contributed by atoms with Crippen LogP contribution in [0.15, 0.2) is 0 Å². The molecule has 2 aliphatic rings. The summed E-state index contributed by atoms with van der Waals surface area (Å²) in [4.78, 5) is 13.8. The van der Waals surface area contributed by atoms with Crippen molar-refractivity contribution < 1.29 is 4.79 Å². The van der Waals surface area contributed by atoms with Gasteiger partial charge < -0.3 is 10.2 Å². The minimum atomic E-state index is 0.374. The number of carbonyl (C=O) groups excluding carboxylic acids is 1. The number of nitrogens with one attached hydrogen (secondary N) is 1. The molecule has 0 aliphatic carbocycles. The molecule has 3 heteroatoms. The molecule has 1 amide bonds. The number of piperidine rings is 2. The van der Waals surface area contributed by atoms with E-state index in [4.69, 9.17) is 0 Å². The highest BCUT2D eigenvalue weighted by atomic mass is 16.2. The van der Waals surface area contributed by atoms with E-state index >= 15 is 0 Å². The lowest BCUT2D eigenvalue weighted by Crippen LogP contribution is -2.45. The van der Waals surface area contributed by atoms with Crippen LogP contribution < -0.4 is 5.32 Å². The zero-order chi connectivity index (χ0) is 10.7. The van der Waals surface area contributed by atoms with E-state index in [1.54, 1.807) is 0 Å². The monoisotopic (exact) mass is 210 g/mol. The summed E-state index contributed by atoms with van der Waals surface area (Å²) in [7, 11) is 0.